The van der Waals surface area contributed by atoms with Gasteiger partial charge in [-0.1, -0.05) is 43.7 Å². The molecule has 0 aliphatic carbocycles. The Labute approximate surface area is 138 Å². The van der Waals surface area contributed by atoms with Crippen molar-refractivity contribution in [2.24, 2.45) is 0 Å². The Morgan fingerprint density at radius 2 is 1.83 bits per heavy atom. The summed E-state index contributed by atoms with van der Waals surface area (Å²) in [4.78, 5) is 11.6. The molecule has 0 aliphatic heterocycles. The Balaban J connectivity index is 2.24. The molecular formula is C20H24O3. The molecule has 0 spiro atoms. The van der Waals surface area contributed by atoms with Crippen LogP contribution in [0, 0.1) is 13.8 Å². The van der Waals surface area contributed by atoms with Gasteiger partial charge in [-0.25, -0.2) is 0 Å². The highest BCUT2D eigenvalue weighted by atomic mass is 16.5. The van der Waals surface area contributed by atoms with E-state index in [4.69, 9.17) is 9.47 Å². The summed E-state index contributed by atoms with van der Waals surface area (Å²) in [5, 5.41) is 0. The zero-order valence-corrected chi connectivity index (χ0v) is 14.3. The summed E-state index contributed by atoms with van der Waals surface area (Å²) in [6.07, 6.45) is 1.22. The summed E-state index contributed by atoms with van der Waals surface area (Å²) < 4.78 is 11.4. The number of carbonyl (C=O) groups is 1. The quantitative estimate of drug-likeness (QED) is 0.570. The molecule has 0 saturated heterocycles. The third kappa shape index (κ3) is 4.35. The van der Waals surface area contributed by atoms with Crippen molar-refractivity contribution in [2.75, 3.05) is 0 Å². The number of aryl methyl sites for hydroxylation is 3. The summed E-state index contributed by atoms with van der Waals surface area (Å²) in [5.41, 5.74) is 4.39. The number of rotatable bonds is 6. The van der Waals surface area contributed by atoms with Crippen LogP contribution in [0.1, 0.15) is 42.5 Å². The number of benzene rings is 2. The molecule has 23 heavy (non-hydrogen) atoms. The molecule has 0 unspecified atom stereocenters. The fourth-order valence-electron chi connectivity index (χ4n) is 2.51. The van der Waals surface area contributed by atoms with E-state index in [-0.39, 0.29) is 5.97 Å². The average Bonchev–Trinajstić information content (AvgIpc) is 2.54. The molecule has 0 fully saturated rings. The van der Waals surface area contributed by atoms with Crippen molar-refractivity contribution < 1.29 is 14.3 Å². The lowest BCUT2D eigenvalue weighted by Gasteiger charge is -2.16. The van der Waals surface area contributed by atoms with Gasteiger partial charge in [-0.15, -0.1) is 0 Å². The molecule has 0 aliphatic rings. The fourth-order valence-corrected chi connectivity index (χ4v) is 2.51. The van der Waals surface area contributed by atoms with Crippen LogP contribution in [0.4, 0.5) is 0 Å². The maximum Gasteiger partial charge on any atom is 0.310 e. The molecule has 2 aromatic carbocycles. The van der Waals surface area contributed by atoms with Gasteiger partial charge in [0.15, 0.2) is 0 Å². The largest absolute Gasteiger partial charge is 0.488 e. The highest BCUT2D eigenvalue weighted by molar-refractivity contribution is 5.72. The monoisotopic (exact) mass is 312 g/mol. The Kier molecular flexibility index (Phi) is 5.80. The standard InChI is InChI=1S/C20H24O3/c1-5-16-8-7-9-19(23-20(21)6-2)17(16)13-22-18-11-10-14(3)12-15(18)4/h7-12H,5-6,13H2,1-4H3. The van der Waals surface area contributed by atoms with Crippen molar-refractivity contribution in [3.63, 3.8) is 0 Å². The maximum atomic E-state index is 11.6. The third-order valence-electron chi connectivity index (χ3n) is 3.83. The van der Waals surface area contributed by atoms with Crippen LogP contribution in [0.15, 0.2) is 36.4 Å². The molecule has 122 valence electrons. The topological polar surface area (TPSA) is 35.5 Å². The highest BCUT2D eigenvalue weighted by Crippen LogP contribution is 2.27. The molecule has 2 rings (SSSR count). The summed E-state index contributed by atoms with van der Waals surface area (Å²) >= 11 is 0. The lowest BCUT2D eigenvalue weighted by Crippen LogP contribution is -2.10. The van der Waals surface area contributed by atoms with E-state index < -0.39 is 0 Å². The van der Waals surface area contributed by atoms with Gasteiger partial charge in [0.25, 0.3) is 0 Å². The van der Waals surface area contributed by atoms with E-state index in [1.54, 1.807) is 6.92 Å². The van der Waals surface area contributed by atoms with Crippen molar-refractivity contribution in [1.29, 1.82) is 0 Å². The van der Waals surface area contributed by atoms with Crippen molar-refractivity contribution in [1.82, 2.24) is 0 Å². The SMILES string of the molecule is CCC(=O)Oc1cccc(CC)c1COc1ccc(C)cc1C. The minimum absolute atomic E-state index is 0.231. The lowest BCUT2D eigenvalue weighted by atomic mass is 10.0. The third-order valence-corrected chi connectivity index (χ3v) is 3.83. The zero-order chi connectivity index (χ0) is 16.8. The predicted octanol–water partition coefficient (Wildman–Crippen LogP) is 4.76. The van der Waals surface area contributed by atoms with Crippen LogP contribution in [0.5, 0.6) is 11.5 Å². The first-order valence-corrected chi connectivity index (χ1v) is 8.06. The van der Waals surface area contributed by atoms with Gasteiger partial charge in [-0.05, 0) is 43.5 Å². The smallest absolute Gasteiger partial charge is 0.310 e. The van der Waals surface area contributed by atoms with Crippen LogP contribution in [0.3, 0.4) is 0 Å². The Bertz CT molecular complexity index is 689. The van der Waals surface area contributed by atoms with E-state index in [0.29, 0.717) is 18.8 Å². The number of hydrogen-bond acceptors (Lipinski definition) is 3. The van der Waals surface area contributed by atoms with Crippen molar-refractivity contribution in [3.8, 4) is 11.5 Å². The van der Waals surface area contributed by atoms with Crippen molar-refractivity contribution >= 4 is 5.97 Å². The fraction of sp³-hybridized carbons (Fsp3) is 0.350. The van der Waals surface area contributed by atoms with Gasteiger partial charge in [-0.2, -0.15) is 0 Å². The number of ether oxygens (including phenoxy) is 2. The van der Waals surface area contributed by atoms with Gasteiger partial charge in [-0.3, -0.25) is 4.79 Å². The summed E-state index contributed by atoms with van der Waals surface area (Å²) in [6.45, 7) is 8.36. The Morgan fingerprint density at radius 3 is 2.48 bits per heavy atom. The minimum atomic E-state index is -0.231. The summed E-state index contributed by atoms with van der Waals surface area (Å²) in [6, 6.07) is 11.9. The maximum absolute atomic E-state index is 11.6. The first kappa shape index (κ1) is 17.1. The highest BCUT2D eigenvalue weighted by Gasteiger charge is 2.13. The molecule has 0 radical (unpaired) electrons. The van der Waals surface area contributed by atoms with Crippen LogP contribution >= 0.6 is 0 Å². The van der Waals surface area contributed by atoms with Gasteiger partial charge < -0.3 is 9.47 Å². The zero-order valence-electron chi connectivity index (χ0n) is 14.3. The van der Waals surface area contributed by atoms with E-state index in [1.165, 1.54) is 5.56 Å². The van der Waals surface area contributed by atoms with E-state index in [2.05, 4.69) is 19.9 Å². The lowest BCUT2D eigenvalue weighted by molar-refractivity contribution is -0.134. The number of hydrogen-bond donors (Lipinski definition) is 0. The van der Waals surface area contributed by atoms with Gasteiger partial charge in [0, 0.05) is 12.0 Å². The molecule has 0 bridgehead atoms. The molecule has 3 nitrogen and oxygen atoms in total. The van der Waals surface area contributed by atoms with Crippen molar-refractivity contribution in [2.45, 2.75) is 47.1 Å². The second-order valence-corrected chi connectivity index (χ2v) is 5.63. The molecule has 2 aromatic rings. The normalized spacial score (nSPS) is 10.4. The van der Waals surface area contributed by atoms with Gasteiger partial charge in [0.05, 0.1) is 0 Å². The molecule has 0 N–H and O–H groups in total. The summed E-state index contributed by atoms with van der Waals surface area (Å²) in [7, 11) is 0. The average molecular weight is 312 g/mol. The molecule has 0 amide bonds. The van der Waals surface area contributed by atoms with Crippen LogP contribution < -0.4 is 9.47 Å². The molecule has 0 aromatic heterocycles. The molecular weight excluding hydrogens is 288 g/mol. The molecule has 0 heterocycles. The molecule has 3 heteroatoms. The summed E-state index contributed by atoms with van der Waals surface area (Å²) in [5.74, 6) is 1.22. The Hall–Kier alpha value is -2.29. The first-order chi connectivity index (χ1) is 11.0. The van der Waals surface area contributed by atoms with Crippen LogP contribution in [-0.2, 0) is 17.8 Å². The number of esters is 1. The van der Waals surface area contributed by atoms with Crippen molar-refractivity contribution in [3.05, 3.63) is 58.7 Å². The van der Waals surface area contributed by atoms with Gasteiger partial charge in [0.1, 0.15) is 18.1 Å². The van der Waals surface area contributed by atoms with Gasteiger partial charge >= 0.3 is 5.97 Å². The first-order valence-electron chi connectivity index (χ1n) is 8.06. The van der Waals surface area contributed by atoms with E-state index in [0.717, 1.165) is 28.9 Å². The van der Waals surface area contributed by atoms with Crippen LogP contribution in [0.2, 0.25) is 0 Å². The number of carbonyl (C=O) groups excluding carboxylic acids is 1. The van der Waals surface area contributed by atoms with E-state index in [9.17, 15) is 4.79 Å². The second-order valence-electron chi connectivity index (χ2n) is 5.63. The predicted molar refractivity (Wildman–Crippen MR) is 92.0 cm³/mol. The van der Waals surface area contributed by atoms with Gasteiger partial charge in [0.2, 0.25) is 0 Å². The van der Waals surface area contributed by atoms with E-state index in [1.807, 2.05) is 37.3 Å². The van der Waals surface area contributed by atoms with E-state index >= 15 is 0 Å². The Morgan fingerprint density at radius 1 is 1.04 bits per heavy atom. The molecule has 0 atom stereocenters. The van der Waals surface area contributed by atoms with Crippen LogP contribution in [-0.4, -0.2) is 5.97 Å². The minimum Gasteiger partial charge on any atom is -0.488 e. The molecule has 0 saturated carbocycles. The second kappa shape index (κ2) is 7.82. The van der Waals surface area contributed by atoms with Crippen LogP contribution in [0.25, 0.3) is 0 Å².